The van der Waals surface area contributed by atoms with E-state index in [1.54, 1.807) is 30.2 Å². The lowest BCUT2D eigenvalue weighted by Gasteiger charge is -2.38. The molecule has 0 atom stereocenters. The average molecular weight is 453 g/mol. The zero-order chi connectivity index (χ0) is 23.4. The second-order valence-corrected chi connectivity index (χ2v) is 8.16. The quantitative estimate of drug-likeness (QED) is 0.573. The fourth-order valence-corrected chi connectivity index (χ4v) is 4.21. The third-order valence-electron chi connectivity index (χ3n) is 6.02. The van der Waals surface area contributed by atoms with Crippen LogP contribution < -0.4 is 9.64 Å². The molecule has 33 heavy (non-hydrogen) atoms. The van der Waals surface area contributed by atoms with Gasteiger partial charge in [0.05, 0.1) is 7.11 Å². The molecule has 0 radical (unpaired) electrons. The summed E-state index contributed by atoms with van der Waals surface area (Å²) >= 11 is 0. The summed E-state index contributed by atoms with van der Waals surface area (Å²) in [5.41, 5.74) is 1.80. The third-order valence-corrected chi connectivity index (χ3v) is 6.02. The van der Waals surface area contributed by atoms with Gasteiger partial charge in [0.2, 0.25) is 0 Å². The Bertz CT molecular complexity index is 1100. The molecule has 1 heterocycles. The van der Waals surface area contributed by atoms with Crippen molar-refractivity contribution >= 4 is 11.6 Å². The van der Waals surface area contributed by atoms with Gasteiger partial charge in [-0.15, -0.1) is 0 Å². The lowest BCUT2D eigenvalue weighted by atomic mass is 10.00. The van der Waals surface area contributed by atoms with Gasteiger partial charge in [0.15, 0.2) is 0 Å². The van der Waals surface area contributed by atoms with Crippen LogP contribution in [0.1, 0.15) is 28.8 Å². The number of phenolic OH excluding ortho intramolecular Hbond substituents is 1. The molecule has 0 saturated carbocycles. The standard InChI is InChI=1S/C26H26F2N2O3/c1-33-24-11-4-19(25(31)16-24)17-29-14-12-23(13-15-29)30(22-9-7-21(28)8-10-22)26(32)18-2-5-20(27)6-3-18/h2-11,16,23,31H,12-15,17H2,1H3. The fourth-order valence-electron chi connectivity index (χ4n) is 4.21. The summed E-state index contributed by atoms with van der Waals surface area (Å²) < 4.78 is 32.0. The van der Waals surface area contributed by atoms with E-state index in [0.717, 1.165) is 18.7 Å². The Balaban J connectivity index is 1.50. The highest BCUT2D eigenvalue weighted by Crippen LogP contribution is 2.29. The number of carbonyl (C=O) groups excluding carboxylic acids is 1. The number of benzene rings is 3. The first kappa shape index (κ1) is 22.7. The first-order valence-electron chi connectivity index (χ1n) is 10.9. The number of amides is 1. The molecule has 0 bridgehead atoms. The Morgan fingerprint density at radius 3 is 2.18 bits per heavy atom. The number of likely N-dealkylation sites (tertiary alicyclic amines) is 1. The Kier molecular flexibility index (Phi) is 6.89. The Hall–Kier alpha value is -3.45. The lowest BCUT2D eigenvalue weighted by molar-refractivity contribution is 0.0958. The molecular weight excluding hydrogens is 426 g/mol. The molecule has 0 spiro atoms. The number of nitrogens with zero attached hydrogens (tertiary/aromatic N) is 2. The second-order valence-electron chi connectivity index (χ2n) is 8.16. The van der Waals surface area contributed by atoms with Gasteiger partial charge in [0.25, 0.3) is 5.91 Å². The second kappa shape index (κ2) is 10.0. The maximum atomic E-state index is 13.5. The van der Waals surface area contributed by atoms with Crippen LogP contribution in [0.15, 0.2) is 66.7 Å². The maximum Gasteiger partial charge on any atom is 0.258 e. The van der Waals surface area contributed by atoms with E-state index in [0.29, 0.717) is 36.4 Å². The number of halogens is 2. The molecule has 3 aromatic rings. The van der Waals surface area contributed by atoms with Crippen LogP contribution in [-0.4, -0.2) is 42.2 Å². The van der Waals surface area contributed by atoms with Crippen LogP contribution in [0.5, 0.6) is 11.5 Å². The lowest BCUT2D eigenvalue weighted by Crippen LogP contribution is -2.47. The van der Waals surface area contributed by atoms with E-state index < -0.39 is 5.82 Å². The van der Waals surface area contributed by atoms with Crippen molar-refractivity contribution in [2.45, 2.75) is 25.4 Å². The zero-order valence-corrected chi connectivity index (χ0v) is 18.4. The summed E-state index contributed by atoms with van der Waals surface area (Å²) in [5.74, 6) is -0.231. The molecule has 0 aliphatic carbocycles. The van der Waals surface area contributed by atoms with E-state index in [2.05, 4.69) is 4.90 Å². The molecular formula is C26H26F2N2O3. The van der Waals surface area contributed by atoms with Crippen LogP contribution in [0.2, 0.25) is 0 Å². The summed E-state index contributed by atoms with van der Waals surface area (Å²) in [7, 11) is 1.55. The predicted octanol–water partition coefficient (Wildman–Crippen LogP) is 4.99. The molecule has 1 fully saturated rings. The molecule has 1 aliphatic heterocycles. The van der Waals surface area contributed by atoms with Crippen molar-refractivity contribution in [2.24, 2.45) is 0 Å². The number of methoxy groups -OCH3 is 1. The van der Waals surface area contributed by atoms with Crippen molar-refractivity contribution in [2.75, 3.05) is 25.1 Å². The molecule has 1 N–H and O–H groups in total. The summed E-state index contributed by atoms with van der Waals surface area (Å²) in [6.45, 7) is 2.04. The largest absolute Gasteiger partial charge is 0.507 e. The van der Waals surface area contributed by atoms with E-state index in [4.69, 9.17) is 4.74 Å². The van der Waals surface area contributed by atoms with E-state index >= 15 is 0 Å². The number of hydrogen-bond donors (Lipinski definition) is 1. The highest BCUT2D eigenvalue weighted by atomic mass is 19.1. The molecule has 3 aromatic carbocycles. The first-order chi connectivity index (χ1) is 15.9. The number of hydrogen-bond acceptors (Lipinski definition) is 4. The Morgan fingerprint density at radius 2 is 1.61 bits per heavy atom. The van der Waals surface area contributed by atoms with Crippen molar-refractivity contribution in [3.63, 3.8) is 0 Å². The average Bonchev–Trinajstić information content (AvgIpc) is 2.83. The molecule has 0 unspecified atom stereocenters. The van der Waals surface area contributed by atoms with Gasteiger partial charge in [-0.25, -0.2) is 8.78 Å². The molecule has 1 saturated heterocycles. The van der Waals surface area contributed by atoms with Gasteiger partial charge < -0.3 is 14.7 Å². The van der Waals surface area contributed by atoms with Gasteiger partial charge in [-0.3, -0.25) is 9.69 Å². The molecule has 1 aliphatic rings. The van der Waals surface area contributed by atoms with E-state index in [9.17, 15) is 18.7 Å². The van der Waals surface area contributed by atoms with Crippen molar-refractivity contribution < 1.29 is 23.4 Å². The van der Waals surface area contributed by atoms with Gasteiger partial charge in [-0.2, -0.15) is 0 Å². The smallest absolute Gasteiger partial charge is 0.258 e. The van der Waals surface area contributed by atoms with Crippen molar-refractivity contribution in [3.8, 4) is 11.5 Å². The van der Waals surface area contributed by atoms with Gasteiger partial charge in [-0.1, -0.05) is 6.07 Å². The molecule has 7 heteroatoms. The van der Waals surface area contributed by atoms with Crippen molar-refractivity contribution in [3.05, 3.63) is 89.5 Å². The molecule has 0 aromatic heterocycles. The summed E-state index contributed by atoms with van der Waals surface area (Å²) in [6, 6.07) is 16.5. The number of rotatable bonds is 6. The van der Waals surface area contributed by atoms with Gasteiger partial charge in [-0.05, 0) is 67.4 Å². The fraction of sp³-hybridized carbons (Fsp3) is 0.269. The van der Waals surface area contributed by atoms with Crippen LogP contribution in [-0.2, 0) is 6.54 Å². The van der Waals surface area contributed by atoms with Gasteiger partial charge in [0, 0.05) is 48.6 Å². The first-order valence-corrected chi connectivity index (χ1v) is 10.9. The topological polar surface area (TPSA) is 53.0 Å². The van der Waals surface area contributed by atoms with Crippen molar-refractivity contribution in [1.82, 2.24) is 4.90 Å². The summed E-state index contributed by atoms with van der Waals surface area (Å²) in [6.07, 6.45) is 1.42. The Morgan fingerprint density at radius 1 is 1.00 bits per heavy atom. The van der Waals surface area contributed by atoms with Crippen LogP contribution in [0.25, 0.3) is 0 Å². The third kappa shape index (κ3) is 5.31. The number of anilines is 1. The summed E-state index contributed by atoms with van der Waals surface area (Å²) in [4.78, 5) is 17.3. The van der Waals surface area contributed by atoms with Gasteiger partial charge >= 0.3 is 0 Å². The minimum Gasteiger partial charge on any atom is -0.507 e. The molecule has 5 nitrogen and oxygen atoms in total. The number of carbonyl (C=O) groups is 1. The highest BCUT2D eigenvalue weighted by Gasteiger charge is 2.30. The van der Waals surface area contributed by atoms with E-state index in [-0.39, 0.29) is 23.5 Å². The van der Waals surface area contributed by atoms with Crippen LogP contribution >= 0.6 is 0 Å². The van der Waals surface area contributed by atoms with E-state index in [1.807, 2.05) is 12.1 Å². The number of piperidine rings is 1. The van der Waals surface area contributed by atoms with Crippen molar-refractivity contribution in [1.29, 1.82) is 0 Å². The number of phenols is 1. The monoisotopic (exact) mass is 452 g/mol. The minimum absolute atomic E-state index is 0.0891. The SMILES string of the molecule is COc1ccc(CN2CCC(N(C(=O)c3ccc(F)cc3)c3ccc(F)cc3)CC2)c(O)c1. The normalized spacial score (nSPS) is 14.8. The van der Waals surface area contributed by atoms with Crippen LogP contribution in [0.4, 0.5) is 14.5 Å². The predicted molar refractivity (Wildman–Crippen MR) is 123 cm³/mol. The molecule has 4 rings (SSSR count). The summed E-state index contributed by atoms with van der Waals surface area (Å²) in [5, 5.41) is 10.3. The Labute approximate surface area is 191 Å². The van der Waals surface area contributed by atoms with Gasteiger partial charge in [0.1, 0.15) is 23.1 Å². The van der Waals surface area contributed by atoms with E-state index in [1.165, 1.54) is 36.4 Å². The highest BCUT2D eigenvalue weighted by molar-refractivity contribution is 6.06. The maximum absolute atomic E-state index is 13.5. The molecule has 1 amide bonds. The minimum atomic E-state index is -0.407. The molecule has 172 valence electrons. The number of aromatic hydroxyl groups is 1. The number of ether oxygens (including phenoxy) is 1. The zero-order valence-electron chi connectivity index (χ0n) is 18.4. The van der Waals surface area contributed by atoms with Crippen LogP contribution in [0.3, 0.4) is 0 Å². The van der Waals surface area contributed by atoms with Crippen LogP contribution in [0, 0.1) is 11.6 Å².